The van der Waals surface area contributed by atoms with Gasteiger partial charge in [-0.2, -0.15) is 0 Å². The number of likely N-dealkylation sites (tertiary alicyclic amines) is 1. The normalized spacial score (nSPS) is 25.6. The summed E-state index contributed by atoms with van der Waals surface area (Å²) in [6.45, 7) is 8.26. The number of carbonyl (C=O) groups excluding carboxylic acids is 1. The van der Waals surface area contributed by atoms with E-state index in [0.29, 0.717) is 6.54 Å². The Morgan fingerprint density at radius 2 is 2.17 bits per heavy atom. The number of hydrogen-bond donors (Lipinski definition) is 0. The minimum atomic E-state index is -0.489. The molecule has 3 rings (SSSR count). The van der Waals surface area contributed by atoms with Crippen molar-refractivity contribution >= 4 is 11.9 Å². The monoisotopic (exact) mass is 333 g/mol. The van der Waals surface area contributed by atoms with Gasteiger partial charge in [-0.05, 0) is 33.8 Å². The molecule has 0 bridgehead atoms. The molecule has 2 aliphatic heterocycles. The minimum absolute atomic E-state index is 0.0930. The Balaban J connectivity index is 1.76. The smallest absolute Gasteiger partial charge is 0.410 e. The van der Waals surface area contributed by atoms with Crippen LogP contribution in [0.1, 0.15) is 39.7 Å². The Kier molecular flexibility index (Phi) is 3.89. The third-order valence-corrected chi connectivity index (χ3v) is 4.52. The Labute approximate surface area is 143 Å². The highest BCUT2D eigenvalue weighted by Gasteiger charge is 2.50. The quantitative estimate of drug-likeness (QED) is 0.791. The average Bonchev–Trinajstić information content (AvgIpc) is 2.95. The fraction of sp³-hybridized carbons (Fsp3) is 0.667. The van der Waals surface area contributed by atoms with Gasteiger partial charge in [0.1, 0.15) is 22.8 Å². The summed E-state index contributed by atoms with van der Waals surface area (Å²) in [6.07, 6.45) is 3.13. The van der Waals surface area contributed by atoms with Crippen LogP contribution in [0.25, 0.3) is 0 Å². The molecule has 0 radical (unpaired) electrons. The molecule has 132 valence electrons. The van der Waals surface area contributed by atoms with Crippen molar-refractivity contribution < 1.29 is 14.3 Å². The second-order valence-electron chi connectivity index (χ2n) is 8.17. The van der Waals surface area contributed by atoms with E-state index in [2.05, 4.69) is 18.0 Å². The first-order valence-electron chi connectivity index (χ1n) is 8.43. The Bertz CT molecular complexity index is 653. The third kappa shape index (κ3) is 3.14. The van der Waals surface area contributed by atoms with Crippen LogP contribution in [0.3, 0.4) is 0 Å². The third-order valence-electron chi connectivity index (χ3n) is 4.52. The van der Waals surface area contributed by atoms with Crippen molar-refractivity contribution in [3.63, 3.8) is 0 Å². The number of anilines is 1. The van der Waals surface area contributed by atoms with Crippen LogP contribution in [0, 0.1) is 0 Å². The average molecular weight is 333 g/mol. The number of fused-ring (bicyclic) bond motifs is 1. The van der Waals surface area contributed by atoms with E-state index >= 15 is 0 Å². The van der Waals surface area contributed by atoms with E-state index in [1.807, 2.05) is 39.8 Å². The molecule has 1 aromatic heterocycles. The largest absolute Gasteiger partial charge is 0.483 e. The Morgan fingerprint density at radius 3 is 2.79 bits per heavy atom. The number of ether oxygens (including phenoxy) is 2. The molecule has 0 aromatic carbocycles. The van der Waals surface area contributed by atoms with E-state index < -0.39 is 5.60 Å². The second-order valence-corrected chi connectivity index (χ2v) is 8.17. The summed E-state index contributed by atoms with van der Waals surface area (Å²) in [4.78, 5) is 20.6. The van der Waals surface area contributed by atoms with Crippen molar-refractivity contribution in [2.45, 2.75) is 57.8 Å². The SMILES string of the molecule is CC1CC2(Cc3cc(N(C)C)ncc3O2)CN1C(=O)OC(C)(C)C. The van der Waals surface area contributed by atoms with Crippen molar-refractivity contribution in [3.05, 3.63) is 17.8 Å². The summed E-state index contributed by atoms with van der Waals surface area (Å²) < 4.78 is 11.8. The van der Waals surface area contributed by atoms with Crippen LogP contribution in [0.5, 0.6) is 5.75 Å². The molecule has 2 unspecified atom stereocenters. The van der Waals surface area contributed by atoms with Crippen molar-refractivity contribution in [2.24, 2.45) is 0 Å². The van der Waals surface area contributed by atoms with Gasteiger partial charge in [-0.25, -0.2) is 9.78 Å². The summed E-state index contributed by atoms with van der Waals surface area (Å²) >= 11 is 0. The van der Waals surface area contributed by atoms with Crippen LogP contribution in [0.4, 0.5) is 10.6 Å². The van der Waals surface area contributed by atoms with Crippen molar-refractivity contribution in [1.29, 1.82) is 0 Å². The van der Waals surface area contributed by atoms with E-state index in [4.69, 9.17) is 9.47 Å². The van der Waals surface area contributed by atoms with Crippen LogP contribution >= 0.6 is 0 Å². The molecule has 1 aromatic rings. The molecule has 2 atom stereocenters. The zero-order chi connectivity index (χ0) is 17.7. The fourth-order valence-corrected chi connectivity index (χ4v) is 3.51. The summed E-state index contributed by atoms with van der Waals surface area (Å²) in [5, 5.41) is 0. The predicted molar refractivity (Wildman–Crippen MR) is 92.6 cm³/mol. The van der Waals surface area contributed by atoms with Gasteiger partial charge in [0.25, 0.3) is 0 Å². The van der Waals surface area contributed by atoms with Crippen LogP contribution in [0.15, 0.2) is 12.3 Å². The lowest BCUT2D eigenvalue weighted by molar-refractivity contribution is 0.0191. The molecular weight excluding hydrogens is 306 g/mol. The van der Waals surface area contributed by atoms with Crippen LogP contribution in [0.2, 0.25) is 0 Å². The number of amides is 1. The molecule has 1 amide bonds. The zero-order valence-corrected chi connectivity index (χ0v) is 15.4. The maximum atomic E-state index is 12.5. The molecule has 3 heterocycles. The van der Waals surface area contributed by atoms with Gasteiger partial charge in [0.15, 0.2) is 0 Å². The highest BCUT2D eigenvalue weighted by molar-refractivity contribution is 5.69. The number of carbonyl (C=O) groups is 1. The van der Waals surface area contributed by atoms with Crippen molar-refractivity contribution in [3.8, 4) is 5.75 Å². The molecule has 0 aliphatic carbocycles. The van der Waals surface area contributed by atoms with E-state index in [1.54, 1.807) is 11.1 Å². The zero-order valence-electron chi connectivity index (χ0n) is 15.4. The minimum Gasteiger partial charge on any atom is -0.483 e. The Hall–Kier alpha value is -1.98. The first kappa shape index (κ1) is 16.9. The fourth-order valence-electron chi connectivity index (χ4n) is 3.51. The first-order chi connectivity index (χ1) is 11.1. The lowest BCUT2D eigenvalue weighted by Gasteiger charge is -2.27. The van der Waals surface area contributed by atoms with E-state index in [1.165, 1.54) is 0 Å². The summed E-state index contributed by atoms with van der Waals surface area (Å²) in [5.74, 6) is 1.75. The molecule has 1 fully saturated rings. The van der Waals surface area contributed by atoms with Gasteiger partial charge >= 0.3 is 6.09 Å². The highest BCUT2D eigenvalue weighted by atomic mass is 16.6. The van der Waals surface area contributed by atoms with E-state index in [0.717, 1.165) is 30.0 Å². The topological polar surface area (TPSA) is 54.9 Å². The molecule has 24 heavy (non-hydrogen) atoms. The second kappa shape index (κ2) is 5.53. The molecule has 0 N–H and O–H groups in total. The number of rotatable bonds is 1. The lowest BCUT2D eigenvalue weighted by Crippen LogP contribution is -2.42. The number of pyridine rings is 1. The van der Waals surface area contributed by atoms with Gasteiger partial charge in [-0.15, -0.1) is 0 Å². The van der Waals surface area contributed by atoms with Gasteiger partial charge in [-0.1, -0.05) is 0 Å². The lowest BCUT2D eigenvalue weighted by atomic mass is 9.95. The van der Waals surface area contributed by atoms with Gasteiger partial charge in [0.2, 0.25) is 0 Å². The maximum absolute atomic E-state index is 12.5. The van der Waals surface area contributed by atoms with Crippen LogP contribution in [-0.2, 0) is 11.2 Å². The summed E-state index contributed by atoms with van der Waals surface area (Å²) in [7, 11) is 3.95. The number of nitrogens with zero attached hydrogens (tertiary/aromatic N) is 3. The van der Waals surface area contributed by atoms with Crippen molar-refractivity contribution in [2.75, 3.05) is 25.5 Å². The van der Waals surface area contributed by atoms with E-state index in [-0.39, 0.29) is 17.7 Å². The summed E-state index contributed by atoms with van der Waals surface area (Å²) in [6, 6.07) is 2.17. The Morgan fingerprint density at radius 1 is 1.46 bits per heavy atom. The van der Waals surface area contributed by atoms with Crippen LogP contribution in [-0.4, -0.2) is 53.9 Å². The standard InChI is InChI=1S/C18H27N3O3/c1-12-8-18(11-21(12)16(22)24-17(2,3)4)9-13-7-15(20(5)6)19-10-14(13)23-18/h7,10,12H,8-9,11H2,1-6H3. The van der Waals surface area contributed by atoms with Crippen LogP contribution < -0.4 is 9.64 Å². The maximum Gasteiger partial charge on any atom is 0.410 e. The molecule has 0 saturated carbocycles. The predicted octanol–water partition coefficient (Wildman–Crippen LogP) is 2.85. The van der Waals surface area contributed by atoms with Crippen molar-refractivity contribution in [1.82, 2.24) is 9.88 Å². The van der Waals surface area contributed by atoms with Gasteiger partial charge in [-0.3, -0.25) is 0 Å². The highest BCUT2D eigenvalue weighted by Crippen LogP contribution is 2.43. The molecule has 6 nitrogen and oxygen atoms in total. The van der Waals surface area contributed by atoms with Gasteiger partial charge in [0.05, 0.1) is 12.7 Å². The molecular formula is C18H27N3O3. The van der Waals surface area contributed by atoms with Gasteiger partial charge < -0.3 is 19.3 Å². The molecule has 1 saturated heterocycles. The summed E-state index contributed by atoms with van der Waals surface area (Å²) in [5.41, 5.74) is 0.314. The molecule has 6 heteroatoms. The first-order valence-corrected chi connectivity index (χ1v) is 8.43. The molecule has 1 spiro atoms. The van der Waals surface area contributed by atoms with Gasteiger partial charge in [0, 0.05) is 38.5 Å². The van der Waals surface area contributed by atoms with E-state index in [9.17, 15) is 4.79 Å². The number of aromatic nitrogens is 1. The number of hydrogen-bond acceptors (Lipinski definition) is 5. The molecule has 2 aliphatic rings.